The summed E-state index contributed by atoms with van der Waals surface area (Å²) in [5.74, 6) is 0.687. The van der Waals surface area contributed by atoms with E-state index >= 15 is 0 Å². The summed E-state index contributed by atoms with van der Waals surface area (Å²) in [5, 5.41) is 3.35. The Morgan fingerprint density at radius 1 is 1.37 bits per heavy atom. The van der Waals surface area contributed by atoms with E-state index in [1.807, 2.05) is 13.8 Å². The molecule has 19 heavy (non-hydrogen) atoms. The van der Waals surface area contributed by atoms with E-state index in [2.05, 4.69) is 12.2 Å². The Balaban J connectivity index is 2.09. The van der Waals surface area contributed by atoms with Crippen molar-refractivity contribution in [2.75, 3.05) is 11.1 Å². The highest BCUT2D eigenvalue weighted by Crippen LogP contribution is 2.35. The van der Waals surface area contributed by atoms with Crippen molar-refractivity contribution in [1.29, 1.82) is 0 Å². The molecule has 0 aliphatic heterocycles. The van der Waals surface area contributed by atoms with Crippen molar-refractivity contribution in [2.45, 2.75) is 52.2 Å². The fraction of sp³-hybridized carbons (Fsp3) is 0.600. The maximum Gasteiger partial charge on any atom is 0.167 e. The summed E-state index contributed by atoms with van der Waals surface area (Å²) in [7, 11) is 0. The number of ether oxygens (including phenoxy) is 1. The molecule has 1 fully saturated rings. The first-order chi connectivity index (χ1) is 8.95. The number of anilines is 2. The van der Waals surface area contributed by atoms with Crippen molar-refractivity contribution >= 4 is 11.4 Å². The number of benzene rings is 1. The third-order valence-electron chi connectivity index (χ3n) is 3.25. The highest BCUT2D eigenvalue weighted by Gasteiger charge is 2.24. The third kappa shape index (κ3) is 4.01. The molecule has 1 unspecified atom stereocenters. The predicted octanol–water partition coefficient (Wildman–Crippen LogP) is 3.80. The minimum atomic E-state index is -0.411. The molecule has 0 aromatic heterocycles. The fourth-order valence-corrected chi connectivity index (χ4v) is 2.22. The Hall–Kier alpha value is -1.45. The number of hydrogen-bond acceptors (Lipinski definition) is 3. The molecule has 0 amide bonds. The van der Waals surface area contributed by atoms with Gasteiger partial charge in [-0.3, -0.25) is 0 Å². The zero-order chi connectivity index (χ0) is 14.0. The van der Waals surface area contributed by atoms with Crippen LogP contribution < -0.4 is 15.8 Å². The van der Waals surface area contributed by atoms with Crippen LogP contribution in [-0.4, -0.2) is 12.1 Å². The van der Waals surface area contributed by atoms with Crippen molar-refractivity contribution in [3.8, 4) is 5.75 Å². The maximum absolute atomic E-state index is 13.7. The number of halogens is 1. The van der Waals surface area contributed by atoms with Gasteiger partial charge in [0.05, 0.1) is 17.5 Å². The zero-order valence-corrected chi connectivity index (χ0v) is 11.9. The first kappa shape index (κ1) is 14.0. The number of rotatable bonds is 6. The van der Waals surface area contributed by atoms with E-state index < -0.39 is 5.82 Å². The Labute approximate surface area is 114 Å². The molecule has 1 aliphatic rings. The number of nitrogen functional groups attached to an aromatic ring is 1. The average molecular weight is 266 g/mol. The van der Waals surface area contributed by atoms with Gasteiger partial charge in [0.2, 0.25) is 0 Å². The van der Waals surface area contributed by atoms with Crippen LogP contribution in [-0.2, 0) is 0 Å². The normalized spacial score (nSPS) is 16.5. The van der Waals surface area contributed by atoms with E-state index in [9.17, 15) is 4.39 Å². The number of nitrogens with two attached hydrogens (primary N) is 1. The van der Waals surface area contributed by atoms with E-state index in [0.29, 0.717) is 11.7 Å². The molecular formula is C15H23FN2O. The highest BCUT2D eigenvalue weighted by atomic mass is 19.1. The summed E-state index contributed by atoms with van der Waals surface area (Å²) >= 11 is 0. The van der Waals surface area contributed by atoms with Gasteiger partial charge in [0.15, 0.2) is 11.6 Å². The van der Waals surface area contributed by atoms with Crippen LogP contribution in [0.3, 0.4) is 0 Å². The molecule has 106 valence electrons. The highest BCUT2D eigenvalue weighted by molar-refractivity contribution is 5.69. The van der Waals surface area contributed by atoms with Crippen LogP contribution in [0.1, 0.15) is 40.0 Å². The van der Waals surface area contributed by atoms with Gasteiger partial charge >= 0.3 is 0 Å². The van der Waals surface area contributed by atoms with Gasteiger partial charge in [-0.25, -0.2) is 4.39 Å². The van der Waals surface area contributed by atoms with Gasteiger partial charge in [-0.1, -0.05) is 12.8 Å². The van der Waals surface area contributed by atoms with Crippen molar-refractivity contribution in [3.63, 3.8) is 0 Å². The molecule has 3 N–H and O–H groups in total. The largest absolute Gasteiger partial charge is 0.488 e. The topological polar surface area (TPSA) is 47.3 Å². The minimum Gasteiger partial charge on any atom is -0.488 e. The molecule has 1 atom stereocenters. The lowest BCUT2D eigenvalue weighted by atomic mass is 10.1. The second-order valence-electron chi connectivity index (χ2n) is 5.76. The first-order valence-corrected chi connectivity index (χ1v) is 6.98. The Kier molecular flexibility index (Phi) is 4.17. The van der Waals surface area contributed by atoms with E-state index in [1.165, 1.54) is 18.9 Å². The van der Waals surface area contributed by atoms with Crippen LogP contribution in [0.25, 0.3) is 0 Å². The van der Waals surface area contributed by atoms with E-state index in [1.54, 1.807) is 6.07 Å². The Morgan fingerprint density at radius 3 is 2.63 bits per heavy atom. The monoisotopic (exact) mass is 266 g/mol. The molecule has 1 aliphatic carbocycles. The van der Waals surface area contributed by atoms with Crippen molar-refractivity contribution in [3.05, 3.63) is 17.9 Å². The second kappa shape index (κ2) is 5.68. The van der Waals surface area contributed by atoms with Crippen LogP contribution in [0.15, 0.2) is 12.1 Å². The SMILES string of the molecule is CC(CC1CC1)Nc1cc(OC(C)C)c(F)cc1N. The third-order valence-corrected chi connectivity index (χ3v) is 3.25. The molecule has 3 nitrogen and oxygen atoms in total. The number of nitrogens with one attached hydrogen (secondary N) is 1. The van der Waals surface area contributed by atoms with E-state index in [0.717, 1.165) is 18.0 Å². The molecule has 1 saturated carbocycles. The smallest absolute Gasteiger partial charge is 0.167 e. The summed E-state index contributed by atoms with van der Waals surface area (Å²) in [6.07, 6.45) is 3.73. The zero-order valence-electron chi connectivity index (χ0n) is 11.9. The lowest BCUT2D eigenvalue weighted by Crippen LogP contribution is -2.17. The standard InChI is InChI=1S/C15H23FN2O/c1-9(2)19-15-8-14(13(17)7-12(15)16)18-10(3)6-11-4-5-11/h7-11,18H,4-6,17H2,1-3H3. The van der Waals surface area contributed by atoms with Gasteiger partial charge in [-0.15, -0.1) is 0 Å². The van der Waals surface area contributed by atoms with E-state index in [-0.39, 0.29) is 11.9 Å². The summed E-state index contributed by atoms with van der Waals surface area (Å²) in [5.41, 5.74) is 7.04. The molecule has 1 aromatic carbocycles. The molecule has 0 bridgehead atoms. The maximum atomic E-state index is 13.7. The molecule has 0 spiro atoms. The van der Waals surface area contributed by atoms with Crippen LogP contribution in [0.4, 0.5) is 15.8 Å². The van der Waals surface area contributed by atoms with Crippen molar-refractivity contribution < 1.29 is 9.13 Å². The summed E-state index contributed by atoms with van der Waals surface area (Å²) < 4.78 is 19.2. The van der Waals surface area contributed by atoms with Gasteiger partial charge in [0, 0.05) is 18.2 Å². The van der Waals surface area contributed by atoms with Gasteiger partial charge in [0.1, 0.15) is 0 Å². The molecule has 0 saturated heterocycles. The van der Waals surface area contributed by atoms with Crippen LogP contribution in [0, 0.1) is 11.7 Å². The Bertz CT molecular complexity index is 444. The fourth-order valence-electron chi connectivity index (χ4n) is 2.22. The van der Waals surface area contributed by atoms with E-state index in [4.69, 9.17) is 10.5 Å². The van der Waals surface area contributed by atoms with Gasteiger partial charge in [0.25, 0.3) is 0 Å². The Morgan fingerprint density at radius 2 is 2.05 bits per heavy atom. The summed E-state index contributed by atoms with van der Waals surface area (Å²) in [6, 6.07) is 3.32. The quantitative estimate of drug-likeness (QED) is 0.770. The van der Waals surface area contributed by atoms with Crippen LogP contribution in [0.2, 0.25) is 0 Å². The van der Waals surface area contributed by atoms with Crippen molar-refractivity contribution in [1.82, 2.24) is 0 Å². The lowest BCUT2D eigenvalue weighted by Gasteiger charge is -2.19. The lowest BCUT2D eigenvalue weighted by molar-refractivity contribution is 0.231. The van der Waals surface area contributed by atoms with Gasteiger partial charge < -0.3 is 15.8 Å². The molecular weight excluding hydrogens is 243 g/mol. The molecule has 0 heterocycles. The van der Waals surface area contributed by atoms with Crippen LogP contribution in [0.5, 0.6) is 5.75 Å². The second-order valence-corrected chi connectivity index (χ2v) is 5.76. The molecule has 1 aromatic rings. The first-order valence-electron chi connectivity index (χ1n) is 6.98. The van der Waals surface area contributed by atoms with Crippen molar-refractivity contribution in [2.24, 2.45) is 5.92 Å². The summed E-state index contributed by atoms with van der Waals surface area (Å²) in [6.45, 7) is 5.88. The van der Waals surface area contributed by atoms with Gasteiger partial charge in [-0.05, 0) is 33.1 Å². The molecule has 0 radical (unpaired) electrons. The van der Waals surface area contributed by atoms with Gasteiger partial charge in [-0.2, -0.15) is 0 Å². The van der Waals surface area contributed by atoms with Crippen LogP contribution >= 0.6 is 0 Å². The minimum absolute atomic E-state index is 0.0603. The number of hydrogen-bond donors (Lipinski definition) is 2. The molecule has 4 heteroatoms. The molecule has 2 rings (SSSR count). The predicted molar refractivity (Wildman–Crippen MR) is 77.0 cm³/mol. The average Bonchev–Trinajstić information content (AvgIpc) is 3.08. The summed E-state index contributed by atoms with van der Waals surface area (Å²) in [4.78, 5) is 0.